The molecule has 1 saturated heterocycles. The third-order valence-corrected chi connectivity index (χ3v) is 4.29. The molecule has 94 valence electrons. The summed E-state index contributed by atoms with van der Waals surface area (Å²) in [5.41, 5.74) is 1.43. The normalized spacial score (nSPS) is 26.1. The second-order valence-corrected chi connectivity index (χ2v) is 6.16. The lowest BCUT2D eigenvalue weighted by Gasteiger charge is -2.38. The van der Waals surface area contributed by atoms with Gasteiger partial charge in [-0.05, 0) is 53.6 Å². The number of halogens is 1. The van der Waals surface area contributed by atoms with Gasteiger partial charge < -0.3 is 5.32 Å². The van der Waals surface area contributed by atoms with Crippen LogP contribution in [0.1, 0.15) is 25.8 Å². The summed E-state index contributed by atoms with van der Waals surface area (Å²) in [5.74, 6) is 0. The van der Waals surface area contributed by atoms with Gasteiger partial charge in [-0.3, -0.25) is 4.90 Å². The van der Waals surface area contributed by atoms with Gasteiger partial charge in [0, 0.05) is 35.3 Å². The second kappa shape index (κ2) is 6.16. The van der Waals surface area contributed by atoms with Crippen molar-refractivity contribution in [2.24, 2.45) is 0 Å². The Bertz CT molecular complexity index is 350. The topological polar surface area (TPSA) is 15.3 Å². The summed E-state index contributed by atoms with van der Waals surface area (Å²) in [6.07, 6.45) is 1.22. The van der Waals surface area contributed by atoms with Gasteiger partial charge in [-0.1, -0.05) is 19.1 Å². The molecule has 1 heterocycles. The van der Waals surface area contributed by atoms with Crippen LogP contribution < -0.4 is 5.32 Å². The highest BCUT2D eigenvalue weighted by molar-refractivity contribution is 14.1. The Balaban J connectivity index is 1.98. The first kappa shape index (κ1) is 13.3. The van der Waals surface area contributed by atoms with Crippen LogP contribution in [0.2, 0.25) is 0 Å². The minimum Gasteiger partial charge on any atom is -0.311 e. The summed E-state index contributed by atoms with van der Waals surface area (Å²) in [4.78, 5) is 2.59. The molecular weight excluding hydrogens is 323 g/mol. The van der Waals surface area contributed by atoms with E-state index in [9.17, 15) is 0 Å². The molecule has 1 fully saturated rings. The highest BCUT2D eigenvalue weighted by atomic mass is 127. The van der Waals surface area contributed by atoms with Crippen molar-refractivity contribution < 1.29 is 0 Å². The zero-order chi connectivity index (χ0) is 12.3. The van der Waals surface area contributed by atoms with Gasteiger partial charge in [0.05, 0.1) is 0 Å². The van der Waals surface area contributed by atoms with E-state index in [0.717, 1.165) is 13.1 Å². The van der Waals surface area contributed by atoms with Gasteiger partial charge in [0.15, 0.2) is 0 Å². The number of hydrogen-bond acceptors (Lipinski definition) is 2. The number of nitrogens with one attached hydrogen (secondary N) is 1. The van der Waals surface area contributed by atoms with Crippen LogP contribution in [0, 0.1) is 3.57 Å². The average molecular weight is 344 g/mol. The van der Waals surface area contributed by atoms with Crippen LogP contribution in [0.4, 0.5) is 0 Å². The first-order valence-corrected chi connectivity index (χ1v) is 7.48. The van der Waals surface area contributed by atoms with Crippen LogP contribution in [-0.4, -0.2) is 30.1 Å². The van der Waals surface area contributed by atoms with Crippen LogP contribution in [-0.2, 0) is 6.54 Å². The van der Waals surface area contributed by atoms with Gasteiger partial charge in [0.1, 0.15) is 0 Å². The van der Waals surface area contributed by atoms with Crippen LogP contribution in [0.15, 0.2) is 24.3 Å². The molecule has 0 aromatic heterocycles. The largest absolute Gasteiger partial charge is 0.311 e. The fraction of sp³-hybridized carbons (Fsp3) is 0.571. The lowest BCUT2D eigenvalue weighted by atomic mass is 10.1. The van der Waals surface area contributed by atoms with Crippen molar-refractivity contribution in [2.45, 2.75) is 38.9 Å². The molecule has 0 spiro atoms. The molecular formula is C14H21IN2. The van der Waals surface area contributed by atoms with Crippen molar-refractivity contribution in [3.63, 3.8) is 0 Å². The van der Waals surface area contributed by atoms with Crippen LogP contribution in [0.5, 0.6) is 0 Å². The van der Waals surface area contributed by atoms with E-state index in [-0.39, 0.29) is 0 Å². The summed E-state index contributed by atoms with van der Waals surface area (Å²) >= 11 is 2.36. The molecule has 0 bridgehead atoms. The number of piperazine rings is 1. The zero-order valence-corrected chi connectivity index (χ0v) is 12.8. The molecule has 17 heavy (non-hydrogen) atoms. The molecule has 1 aromatic carbocycles. The van der Waals surface area contributed by atoms with Gasteiger partial charge in [-0.25, -0.2) is 0 Å². The van der Waals surface area contributed by atoms with Crippen molar-refractivity contribution in [1.29, 1.82) is 0 Å². The van der Waals surface area contributed by atoms with Crippen LogP contribution >= 0.6 is 22.6 Å². The first-order chi connectivity index (χ1) is 8.19. The molecule has 1 aromatic rings. The van der Waals surface area contributed by atoms with Crippen LogP contribution in [0.3, 0.4) is 0 Å². The number of nitrogens with zero attached hydrogens (tertiary/aromatic N) is 1. The fourth-order valence-electron chi connectivity index (χ4n) is 2.31. The molecule has 1 aliphatic heterocycles. The summed E-state index contributed by atoms with van der Waals surface area (Å²) < 4.78 is 1.31. The molecule has 1 aliphatic rings. The maximum Gasteiger partial charge on any atom is 0.0237 e. The van der Waals surface area contributed by atoms with Gasteiger partial charge in [-0.15, -0.1) is 0 Å². The molecule has 0 aliphatic carbocycles. The van der Waals surface area contributed by atoms with Crippen molar-refractivity contribution in [1.82, 2.24) is 10.2 Å². The van der Waals surface area contributed by atoms with E-state index < -0.39 is 0 Å². The summed E-state index contributed by atoms with van der Waals surface area (Å²) in [5, 5.41) is 3.60. The third-order valence-electron chi connectivity index (χ3n) is 3.57. The van der Waals surface area contributed by atoms with E-state index in [1.54, 1.807) is 0 Å². The smallest absolute Gasteiger partial charge is 0.0237 e. The van der Waals surface area contributed by atoms with E-state index in [0.29, 0.717) is 12.1 Å². The Morgan fingerprint density at radius 1 is 1.35 bits per heavy atom. The average Bonchev–Trinajstić information content (AvgIpc) is 2.35. The van der Waals surface area contributed by atoms with Crippen molar-refractivity contribution in [2.75, 3.05) is 13.1 Å². The number of hydrogen-bond donors (Lipinski definition) is 1. The van der Waals surface area contributed by atoms with Crippen molar-refractivity contribution >= 4 is 22.6 Å². The van der Waals surface area contributed by atoms with Gasteiger partial charge >= 0.3 is 0 Å². The Labute approximate surface area is 118 Å². The predicted molar refractivity (Wildman–Crippen MR) is 81.1 cm³/mol. The SMILES string of the molecule is CCC1CN(Cc2ccc(I)cc2)C(C)CN1. The number of benzene rings is 1. The third kappa shape index (κ3) is 3.66. The van der Waals surface area contributed by atoms with Gasteiger partial charge in [-0.2, -0.15) is 0 Å². The quantitative estimate of drug-likeness (QED) is 0.849. The molecule has 2 rings (SSSR count). The molecule has 2 unspecified atom stereocenters. The Morgan fingerprint density at radius 2 is 2.06 bits per heavy atom. The maximum absolute atomic E-state index is 3.60. The van der Waals surface area contributed by atoms with E-state index in [1.165, 1.54) is 22.1 Å². The van der Waals surface area contributed by atoms with Crippen molar-refractivity contribution in [3.8, 4) is 0 Å². The van der Waals surface area contributed by atoms with Gasteiger partial charge in [0.2, 0.25) is 0 Å². The molecule has 1 N–H and O–H groups in total. The molecule has 2 atom stereocenters. The molecule has 0 radical (unpaired) electrons. The van der Waals surface area contributed by atoms with E-state index >= 15 is 0 Å². The maximum atomic E-state index is 3.60. The van der Waals surface area contributed by atoms with Gasteiger partial charge in [0.25, 0.3) is 0 Å². The Morgan fingerprint density at radius 3 is 2.71 bits per heavy atom. The summed E-state index contributed by atoms with van der Waals surface area (Å²) in [7, 11) is 0. The molecule has 2 nitrogen and oxygen atoms in total. The predicted octanol–water partition coefficient (Wildman–Crippen LogP) is 2.86. The lowest BCUT2D eigenvalue weighted by Crippen LogP contribution is -2.54. The monoisotopic (exact) mass is 344 g/mol. The Hall–Kier alpha value is -0.130. The zero-order valence-electron chi connectivity index (χ0n) is 10.6. The molecule has 3 heteroatoms. The summed E-state index contributed by atoms with van der Waals surface area (Å²) in [6, 6.07) is 10.2. The summed E-state index contributed by atoms with van der Waals surface area (Å²) in [6.45, 7) is 7.94. The fourth-order valence-corrected chi connectivity index (χ4v) is 2.67. The molecule has 0 saturated carbocycles. The molecule has 0 amide bonds. The Kier molecular flexibility index (Phi) is 4.82. The highest BCUT2D eigenvalue weighted by Gasteiger charge is 2.23. The van der Waals surface area contributed by atoms with E-state index in [2.05, 4.69) is 70.9 Å². The van der Waals surface area contributed by atoms with Crippen molar-refractivity contribution in [3.05, 3.63) is 33.4 Å². The minimum atomic E-state index is 0.636. The van der Waals surface area contributed by atoms with E-state index in [4.69, 9.17) is 0 Å². The first-order valence-electron chi connectivity index (χ1n) is 6.41. The van der Waals surface area contributed by atoms with E-state index in [1.807, 2.05) is 0 Å². The van der Waals surface area contributed by atoms with Crippen LogP contribution in [0.25, 0.3) is 0 Å². The second-order valence-electron chi connectivity index (χ2n) is 4.92. The highest BCUT2D eigenvalue weighted by Crippen LogP contribution is 2.14. The number of rotatable bonds is 3. The minimum absolute atomic E-state index is 0.636. The standard InChI is InChI=1S/C14H21IN2/c1-3-14-10-17(11(2)8-16-14)9-12-4-6-13(15)7-5-12/h4-7,11,14,16H,3,8-10H2,1-2H3. The lowest BCUT2D eigenvalue weighted by molar-refractivity contribution is 0.131.